The standard InChI is InChI=1S/C42H22N4S2/c43-23-24-11-15-35-30(20-24)27-6-1-3-8-33(27)45(35)25-12-17-37-31(21-25)32-22-26(13-18-38(32)47-37)46-34-9-4-2-7-28(34)40-36(46)16-14-29-41-39(48-42(29)40)10-5-19-44-41/h1-22H. The van der Waals surface area contributed by atoms with Crippen LogP contribution in [0, 0.1) is 11.3 Å². The summed E-state index contributed by atoms with van der Waals surface area (Å²) in [6.07, 6.45) is 1.89. The molecule has 4 nitrogen and oxygen atoms in total. The van der Waals surface area contributed by atoms with Crippen molar-refractivity contribution in [2.24, 2.45) is 0 Å². The summed E-state index contributed by atoms with van der Waals surface area (Å²) in [6, 6.07) is 48.0. The van der Waals surface area contributed by atoms with Gasteiger partial charge in [0.1, 0.15) is 0 Å². The summed E-state index contributed by atoms with van der Waals surface area (Å²) in [4.78, 5) is 4.74. The first-order valence-corrected chi connectivity index (χ1v) is 17.5. The average Bonchev–Trinajstić information content (AvgIpc) is 3.88. The lowest BCUT2D eigenvalue weighted by molar-refractivity contribution is 1.18. The molecule has 0 saturated heterocycles. The number of nitrogens with zero attached hydrogens (tertiary/aromatic N) is 4. The van der Waals surface area contributed by atoms with Gasteiger partial charge in [-0.2, -0.15) is 5.26 Å². The fraction of sp³-hybridized carbons (Fsp3) is 0. The molecule has 48 heavy (non-hydrogen) atoms. The number of benzene rings is 6. The monoisotopic (exact) mass is 646 g/mol. The van der Waals surface area contributed by atoms with Crippen molar-refractivity contribution in [1.82, 2.24) is 14.1 Å². The van der Waals surface area contributed by atoms with Crippen molar-refractivity contribution in [3.8, 4) is 17.4 Å². The number of fused-ring (bicyclic) bond motifs is 13. The lowest BCUT2D eigenvalue weighted by atomic mass is 10.1. The van der Waals surface area contributed by atoms with Gasteiger partial charge in [0.2, 0.25) is 0 Å². The van der Waals surface area contributed by atoms with E-state index in [1.807, 2.05) is 47.1 Å². The highest BCUT2D eigenvalue weighted by Gasteiger charge is 2.19. The van der Waals surface area contributed by atoms with Gasteiger partial charge in [-0.15, -0.1) is 22.7 Å². The normalized spacial score (nSPS) is 12.1. The minimum absolute atomic E-state index is 0.673. The van der Waals surface area contributed by atoms with Gasteiger partial charge in [-0.25, -0.2) is 0 Å². The van der Waals surface area contributed by atoms with Crippen molar-refractivity contribution >= 4 is 107 Å². The minimum Gasteiger partial charge on any atom is -0.309 e. The van der Waals surface area contributed by atoms with Crippen LogP contribution in [0.3, 0.4) is 0 Å². The zero-order valence-electron chi connectivity index (χ0n) is 25.3. The summed E-state index contributed by atoms with van der Waals surface area (Å²) >= 11 is 3.67. The second kappa shape index (κ2) is 9.52. The highest BCUT2D eigenvalue weighted by Crippen LogP contribution is 2.44. The number of rotatable bonds is 2. The molecule has 0 aliphatic rings. The smallest absolute Gasteiger partial charge is 0.0991 e. The third-order valence-corrected chi connectivity index (χ3v) is 12.1. The lowest BCUT2D eigenvalue weighted by Crippen LogP contribution is -1.94. The summed E-state index contributed by atoms with van der Waals surface area (Å²) in [6.45, 7) is 0. The molecule has 0 fully saturated rings. The van der Waals surface area contributed by atoms with Crippen molar-refractivity contribution in [3.63, 3.8) is 0 Å². The van der Waals surface area contributed by atoms with E-state index in [-0.39, 0.29) is 0 Å². The van der Waals surface area contributed by atoms with Gasteiger partial charge in [-0.1, -0.05) is 36.4 Å². The quantitative estimate of drug-likeness (QED) is 0.188. The molecule has 5 aromatic heterocycles. The number of hydrogen-bond donors (Lipinski definition) is 0. The molecule has 0 unspecified atom stereocenters. The molecule has 11 aromatic rings. The van der Waals surface area contributed by atoms with E-state index in [0.717, 1.165) is 38.7 Å². The Morgan fingerprint density at radius 1 is 0.500 bits per heavy atom. The van der Waals surface area contributed by atoms with Gasteiger partial charge in [-0.05, 0) is 91.0 Å². The highest BCUT2D eigenvalue weighted by atomic mass is 32.1. The van der Waals surface area contributed by atoms with Crippen molar-refractivity contribution in [1.29, 1.82) is 5.26 Å². The van der Waals surface area contributed by atoms with Crippen molar-refractivity contribution in [2.75, 3.05) is 0 Å². The third-order valence-electron chi connectivity index (χ3n) is 9.78. The molecule has 222 valence electrons. The molecule has 0 aliphatic heterocycles. The molecular formula is C42H22N4S2. The number of nitriles is 1. The summed E-state index contributed by atoms with van der Waals surface area (Å²) in [7, 11) is 0. The van der Waals surface area contributed by atoms with Gasteiger partial charge in [0.05, 0.1) is 43.9 Å². The van der Waals surface area contributed by atoms with Crippen LogP contribution in [-0.2, 0) is 0 Å². The Kier molecular flexibility index (Phi) is 5.18. The number of para-hydroxylation sites is 2. The lowest BCUT2D eigenvalue weighted by Gasteiger charge is -2.10. The molecule has 0 atom stereocenters. The van der Waals surface area contributed by atoms with Gasteiger partial charge in [0.25, 0.3) is 0 Å². The maximum atomic E-state index is 9.61. The zero-order chi connectivity index (χ0) is 31.5. The molecule has 0 bridgehead atoms. The van der Waals surface area contributed by atoms with E-state index < -0.39 is 0 Å². The van der Waals surface area contributed by atoms with Crippen molar-refractivity contribution < 1.29 is 0 Å². The highest BCUT2D eigenvalue weighted by molar-refractivity contribution is 7.27. The molecule has 0 amide bonds. The Labute approximate surface area is 281 Å². The number of hydrogen-bond acceptors (Lipinski definition) is 4. The fourth-order valence-corrected chi connectivity index (χ4v) is 10.0. The molecule has 0 spiro atoms. The largest absolute Gasteiger partial charge is 0.309 e. The Morgan fingerprint density at radius 2 is 1.17 bits per heavy atom. The van der Waals surface area contributed by atoms with E-state index in [0.29, 0.717) is 5.56 Å². The number of thiophene rings is 2. The van der Waals surface area contributed by atoms with Crippen LogP contribution in [0.25, 0.3) is 95.5 Å². The van der Waals surface area contributed by atoms with Gasteiger partial charge in [0, 0.05) is 69.4 Å². The molecule has 0 N–H and O–H groups in total. The van der Waals surface area contributed by atoms with Crippen molar-refractivity contribution in [2.45, 2.75) is 0 Å². The zero-order valence-corrected chi connectivity index (χ0v) is 26.9. The van der Waals surface area contributed by atoms with E-state index in [2.05, 4.69) is 124 Å². The Morgan fingerprint density at radius 3 is 1.94 bits per heavy atom. The third kappa shape index (κ3) is 3.44. The second-order valence-electron chi connectivity index (χ2n) is 12.3. The SMILES string of the molecule is N#Cc1ccc2c(c1)c1ccccc1n2-c1ccc2sc3ccc(-n4c5ccccc5c5c6sc7cccnc7c6ccc54)cc3c2c1. The molecule has 11 rings (SSSR count). The first kappa shape index (κ1) is 26.1. The topological polar surface area (TPSA) is 46.5 Å². The first-order chi connectivity index (χ1) is 23.7. The van der Waals surface area contributed by atoms with Crippen LogP contribution < -0.4 is 0 Å². The van der Waals surface area contributed by atoms with Crippen LogP contribution in [0.15, 0.2) is 134 Å². The summed E-state index contributed by atoms with van der Waals surface area (Å²) in [5, 5.41) is 18.1. The van der Waals surface area contributed by atoms with E-state index in [1.54, 1.807) is 0 Å². The van der Waals surface area contributed by atoms with Gasteiger partial charge < -0.3 is 9.13 Å². The van der Waals surface area contributed by atoms with Crippen LogP contribution in [0.4, 0.5) is 0 Å². The van der Waals surface area contributed by atoms with Crippen LogP contribution in [-0.4, -0.2) is 14.1 Å². The van der Waals surface area contributed by atoms with E-state index in [9.17, 15) is 5.26 Å². The molecule has 6 aromatic carbocycles. The van der Waals surface area contributed by atoms with E-state index in [4.69, 9.17) is 4.98 Å². The molecule has 0 aliphatic carbocycles. The Bertz CT molecular complexity index is 3200. The first-order valence-electron chi connectivity index (χ1n) is 15.8. The molecule has 6 heteroatoms. The summed E-state index contributed by atoms with van der Waals surface area (Å²) < 4.78 is 9.79. The Balaban J connectivity index is 1.17. The fourth-order valence-electron chi connectivity index (χ4n) is 7.74. The van der Waals surface area contributed by atoms with Gasteiger partial charge in [0.15, 0.2) is 0 Å². The maximum Gasteiger partial charge on any atom is 0.0991 e. The number of aromatic nitrogens is 3. The van der Waals surface area contributed by atoms with Gasteiger partial charge in [-0.3, -0.25) is 4.98 Å². The number of pyridine rings is 1. The van der Waals surface area contributed by atoms with Crippen LogP contribution in [0.2, 0.25) is 0 Å². The molecule has 0 radical (unpaired) electrons. The maximum absolute atomic E-state index is 9.61. The van der Waals surface area contributed by atoms with E-state index in [1.165, 1.54) is 56.8 Å². The second-order valence-corrected chi connectivity index (χ2v) is 14.4. The van der Waals surface area contributed by atoms with Crippen LogP contribution >= 0.6 is 22.7 Å². The summed E-state index contributed by atoms with van der Waals surface area (Å²) in [5.74, 6) is 0. The Hall–Kier alpha value is -6.00. The van der Waals surface area contributed by atoms with E-state index >= 15 is 0 Å². The molecule has 5 heterocycles. The molecule has 0 saturated carbocycles. The van der Waals surface area contributed by atoms with Gasteiger partial charge >= 0.3 is 0 Å². The van der Waals surface area contributed by atoms with Crippen molar-refractivity contribution in [3.05, 3.63) is 139 Å². The van der Waals surface area contributed by atoms with Crippen LogP contribution in [0.1, 0.15) is 5.56 Å². The summed E-state index contributed by atoms with van der Waals surface area (Å²) in [5.41, 5.74) is 8.65. The predicted octanol–water partition coefficient (Wildman–Crippen LogP) is 11.9. The predicted molar refractivity (Wildman–Crippen MR) is 203 cm³/mol. The molecular weight excluding hydrogens is 625 g/mol. The minimum atomic E-state index is 0.673. The van der Waals surface area contributed by atoms with Crippen LogP contribution in [0.5, 0.6) is 0 Å². The average molecular weight is 647 g/mol.